The number of hydrogen-bond donors (Lipinski definition) is 0. The Morgan fingerprint density at radius 2 is 2.25 bits per heavy atom. The van der Waals surface area contributed by atoms with Crippen molar-refractivity contribution in [3.63, 3.8) is 0 Å². The van der Waals surface area contributed by atoms with Crippen molar-refractivity contribution in [1.29, 1.82) is 0 Å². The molecule has 1 heteroatoms. The van der Waals surface area contributed by atoms with Crippen molar-refractivity contribution in [3.8, 4) is 0 Å². The van der Waals surface area contributed by atoms with E-state index in [2.05, 4.69) is 6.92 Å². The molecule has 1 aliphatic rings. The van der Waals surface area contributed by atoms with E-state index in [1.54, 1.807) is 0 Å². The van der Waals surface area contributed by atoms with Gasteiger partial charge in [0.25, 0.3) is 0 Å². The molecule has 0 bridgehead atoms. The summed E-state index contributed by atoms with van der Waals surface area (Å²) in [6.07, 6.45) is 4.07. The number of ketones is 1. The van der Waals surface area contributed by atoms with Crippen LogP contribution in [0.1, 0.15) is 25.7 Å². The van der Waals surface area contributed by atoms with Gasteiger partial charge in [-0.15, -0.1) is 0 Å². The molecular formula is C7H11O. The molecule has 1 nitrogen and oxygen atoms in total. The summed E-state index contributed by atoms with van der Waals surface area (Å²) >= 11 is 0. The van der Waals surface area contributed by atoms with Gasteiger partial charge in [-0.1, -0.05) is 6.42 Å². The van der Waals surface area contributed by atoms with Crippen LogP contribution >= 0.6 is 0 Å². The summed E-state index contributed by atoms with van der Waals surface area (Å²) in [4.78, 5) is 10.7. The van der Waals surface area contributed by atoms with Crippen LogP contribution in [0, 0.1) is 12.8 Å². The zero-order valence-corrected chi connectivity index (χ0v) is 5.02. The monoisotopic (exact) mass is 111 g/mol. The third-order valence-corrected chi connectivity index (χ3v) is 1.68. The molecule has 0 heterocycles. The van der Waals surface area contributed by atoms with Gasteiger partial charge in [0.05, 0.1) is 0 Å². The van der Waals surface area contributed by atoms with Crippen molar-refractivity contribution >= 4 is 5.78 Å². The minimum atomic E-state index is 0.115. The maximum Gasteiger partial charge on any atom is 0.135 e. The number of carbonyl (C=O) groups is 1. The highest BCUT2D eigenvalue weighted by Gasteiger charge is 2.16. The van der Waals surface area contributed by atoms with Gasteiger partial charge in [-0.25, -0.2) is 0 Å². The van der Waals surface area contributed by atoms with Crippen molar-refractivity contribution in [2.45, 2.75) is 25.7 Å². The Hall–Kier alpha value is -0.330. The van der Waals surface area contributed by atoms with E-state index in [-0.39, 0.29) is 5.92 Å². The molecule has 0 saturated heterocycles. The van der Waals surface area contributed by atoms with Crippen LogP contribution in [-0.2, 0) is 4.79 Å². The summed E-state index contributed by atoms with van der Waals surface area (Å²) in [5, 5.41) is 0. The summed E-state index contributed by atoms with van der Waals surface area (Å²) in [6.45, 7) is 3.73. The van der Waals surface area contributed by atoms with E-state index in [1.807, 2.05) is 0 Å². The topological polar surface area (TPSA) is 17.1 Å². The smallest absolute Gasteiger partial charge is 0.135 e. The SMILES string of the molecule is [CH2]C1CCCCC1=O. The van der Waals surface area contributed by atoms with Crippen LogP contribution < -0.4 is 0 Å². The fraction of sp³-hybridized carbons (Fsp3) is 0.714. The van der Waals surface area contributed by atoms with Crippen LogP contribution in [0.3, 0.4) is 0 Å². The highest BCUT2D eigenvalue weighted by molar-refractivity contribution is 5.82. The molecule has 1 unspecified atom stereocenters. The Morgan fingerprint density at radius 3 is 2.62 bits per heavy atom. The number of Topliss-reactive ketones (excluding diaryl/α,β-unsaturated/α-hetero) is 1. The average molecular weight is 111 g/mol. The number of hydrogen-bond acceptors (Lipinski definition) is 1. The predicted molar refractivity (Wildman–Crippen MR) is 32.3 cm³/mol. The molecule has 1 aliphatic carbocycles. The Balaban J connectivity index is 2.39. The highest BCUT2D eigenvalue weighted by atomic mass is 16.1. The zero-order chi connectivity index (χ0) is 5.98. The first-order valence-electron chi connectivity index (χ1n) is 3.16. The number of carbonyl (C=O) groups excluding carboxylic acids is 1. The maximum absolute atomic E-state index is 10.7. The Kier molecular flexibility index (Phi) is 1.66. The first-order valence-corrected chi connectivity index (χ1v) is 3.16. The molecule has 0 aromatic heterocycles. The van der Waals surface area contributed by atoms with E-state index < -0.39 is 0 Å². The molecule has 0 aromatic rings. The van der Waals surface area contributed by atoms with Crippen molar-refractivity contribution < 1.29 is 4.79 Å². The third-order valence-electron chi connectivity index (χ3n) is 1.68. The second kappa shape index (κ2) is 2.29. The Labute approximate surface area is 50.1 Å². The molecule has 1 rings (SSSR count). The fourth-order valence-corrected chi connectivity index (χ4v) is 1.06. The van der Waals surface area contributed by atoms with Crippen molar-refractivity contribution in [1.82, 2.24) is 0 Å². The van der Waals surface area contributed by atoms with Gasteiger partial charge in [0, 0.05) is 12.3 Å². The van der Waals surface area contributed by atoms with Crippen molar-refractivity contribution in [3.05, 3.63) is 6.92 Å². The third kappa shape index (κ3) is 1.09. The lowest BCUT2D eigenvalue weighted by molar-refractivity contribution is -0.123. The largest absolute Gasteiger partial charge is 0.299 e. The molecule has 1 atom stereocenters. The maximum atomic E-state index is 10.7. The molecule has 1 saturated carbocycles. The lowest BCUT2D eigenvalue weighted by Crippen LogP contribution is -2.15. The first kappa shape index (κ1) is 5.80. The van der Waals surface area contributed by atoms with Crippen molar-refractivity contribution in [2.24, 2.45) is 5.92 Å². The fourth-order valence-electron chi connectivity index (χ4n) is 1.06. The van der Waals surface area contributed by atoms with Crippen LogP contribution in [0.15, 0.2) is 0 Å². The zero-order valence-electron chi connectivity index (χ0n) is 5.02. The summed E-state index contributed by atoms with van der Waals surface area (Å²) in [6, 6.07) is 0. The van der Waals surface area contributed by atoms with Crippen molar-refractivity contribution in [2.75, 3.05) is 0 Å². The van der Waals surface area contributed by atoms with Crippen LogP contribution in [0.25, 0.3) is 0 Å². The summed E-state index contributed by atoms with van der Waals surface area (Å²) in [5.74, 6) is 0.472. The molecule has 0 aliphatic heterocycles. The van der Waals surface area contributed by atoms with Gasteiger partial charge in [0.1, 0.15) is 5.78 Å². The Morgan fingerprint density at radius 1 is 1.50 bits per heavy atom. The highest BCUT2D eigenvalue weighted by Crippen LogP contribution is 2.18. The summed E-state index contributed by atoms with van der Waals surface area (Å²) in [5.41, 5.74) is 0. The lowest BCUT2D eigenvalue weighted by atomic mass is 9.90. The van der Waals surface area contributed by atoms with Crippen LogP contribution in [0.2, 0.25) is 0 Å². The molecule has 0 N–H and O–H groups in total. The molecule has 1 fully saturated rings. The average Bonchev–Trinajstić information content (AvgIpc) is 1.77. The standard InChI is InChI=1S/C7H11O/c1-6-4-2-3-5-7(6)8/h6H,1-5H2. The predicted octanol–water partition coefficient (Wildman–Crippen LogP) is 1.58. The number of rotatable bonds is 0. The summed E-state index contributed by atoms with van der Waals surface area (Å²) < 4.78 is 0. The minimum absolute atomic E-state index is 0.115. The second-order valence-corrected chi connectivity index (χ2v) is 2.41. The molecule has 0 aromatic carbocycles. The van der Waals surface area contributed by atoms with E-state index in [9.17, 15) is 4.79 Å². The van der Waals surface area contributed by atoms with Gasteiger partial charge < -0.3 is 0 Å². The van der Waals surface area contributed by atoms with E-state index >= 15 is 0 Å². The van der Waals surface area contributed by atoms with E-state index in [0.29, 0.717) is 5.78 Å². The van der Waals surface area contributed by atoms with Gasteiger partial charge in [-0.3, -0.25) is 4.79 Å². The molecule has 0 amide bonds. The first-order chi connectivity index (χ1) is 3.80. The van der Waals surface area contributed by atoms with Crippen LogP contribution in [0.4, 0.5) is 0 Å². The molecule has 8 heavy (non-hydrogen) atoms. The molecule has 1 radical (unpaired) electrons. The van der Waals surface area contributed by atoms with Gasteiger partial charge in [-0.2, -0.15) is 0 Å². The Bertz CT molecular complexity index is 96.6. The second-order valence-electron chi connectivity index (χ2n) is 2.41. The van der Waals surface area contributed by atoms with E-state index in [0.717, 1.165) is 19.3 Å². The van der Waals surface area contributed by atoms with E-state index in [1.165, 1.54) is 6.42 Å². The normalized spacial score (nSPS) is 30.6. The van der Waals surface area contributed by atoms with Crippen LogP contribution in [0.5, 0.6) is 0 Å². The summed E-state index contributed by atoms with van der Waals surface area (Å²) in [7, 11) is 0. The molecular weight excluding hydrogens is 100 g/mol. The quantitative estimate of drug-likeness (QED) is 0.464. The van der Waals surface area contributed by atoms with Crippen LogP contribution in [-0.4, -0.2) is 5.78 Å². The van der Waals surface area contributed by atoms with Gasteiger partial charge in [0.15, 0.2) is 0 Å². The van der Waals surface area contributed by atoms with Gasteiger partial charge in [-0.05, 0) is 19.8 Å². The van der Waals surface area contributed by atoms with Gasteiger partial charge in [0.2, 0.25) is 0 Å². The lowest BCUT2D eigenvalue weighted by Gasteiger charge is -2.14. The molecule has 45 valence electrons. The van der Waals surface area contributed by atoms with Gasteiger partial charge >= 0.3 is 0 Å². The minimum Gasteiger partial charge on any atom is -0.299 e. The van der Waals surface area contributed by atoms with E-state index in [4.69, 9.17) is 0 Å². The molecule has 0 spiro atoms.